The van der Waals surface area contributed by atoms with Gasteiger partial charge in [0.15, 0.2) is 0 Å². The molecule has 0 aliphatic heterocycles. The van der Waals surface area contributed by atoms with Crippen LogP contribution in [-0.4, -0.2) is 3.21 Å². The van der Waals surface area contributed by atoms with E-state index in [0.29, 0.717) is 0 Å². The molecule has 0 N–H and O–H groups in total. The van der Waals surface area contributed by atoms with E-state index in [1.807, 2.05) is 0 Å². The van der Waals surface area contributed by atoms with E-state index >= 15 is 0 Å². The standard InChI is InChI=1S/C15H17.C3H6.2ClH.Zr/c1-11-14-9-5-4-8-13(14)10-15(11)12-6-2-3-7-12;1-3-2;;;/h2-6,8-11,13-15H,7H2,1H3;1-2H3;2*1H;/q;;;;+2/p-2. The van der Waals surface area contributed by atoms with Gasteiger partial charge in [0.1, 0.15) is 0 Å². The average Bonchev–Trinajstić information content (AvgIpc) is 2.98. The molecule has 0 radical (unpaired) electrons. The molecule has 0 heterocycles. The molecule has 3 aliphatic rings. The molecule has 0 saturated heterocycles. The van der Waals surface area contributed by atoms with Crippen LogP contribution in [-0.2, 0) is 22.8 Å². The van der Waals surface area contributed by atoms with Crippen molar-refractivity contribution in [3.8, 4) is 0 Å². The van der Waals surface area contributed by atoms with Gasteiger partial charge in [-0.25, -0.2) is 0 Å². The minimum absolute atomic E-state index is 0. The molecule has 1 saturated carbocycles. The molecule has 0 spiro atoms. The van der Waals surface area contributed by atoms with Crippen LogP contribution < -0.4 is 24.8 Å². The van der Waals surface area contributed by atoms with E-state index < -0.39 is 22.8 Å². The van der Waals surface area contributed by atoms with Crippen molar-refractivity contribution in [1.82, 2.24) is 0 Å². The van der Waals surface area contributed by atoms with Gasteiger partial charge in [-0.1, -0.05) is 0 Å². The number of allylic oxidation sites excluding steroid dienone is 8. The van der Waals surface area contributed by atoms with Gasteiger partial charge in [-0.05, 0) is 0 Å². The molecular formula is C18H23Cl2Zr. The summed E-state index contributed by atoms with van der Waals surface area (Å²) < 4.78 is 2.72. The predicted molar refractivity (Wildman–Crippen MR) is 79.9 cm³/mol. The van der Waals surface area contributed by atoms with Crippen molar-refractivity contribution in [2.45, 2.75) is 30.8 Å². The van der Waals surface area contributed by atoms with Crippen molar-refractivity contribution in [3.05, 3.63) is 48.1 Å². The summed E-state index contributed by atoms with van der Waals surface area (Å²) in [6.45, 7) is 7.23. The Morgan fingerprint density at radius 3 is 2.29 bits per heavy atom. The quantitative estimate of drug-likeness (QED) is 0.534. The predicted octanol–water partition coefficient (Wildman–Crippen LogP) is -1.41. The Bertz CT molecular complexity index is 509. The van der Waals surface area contributed by atoms with Gasteiger partial charge in [0.25, 0.3) is 0 Å². The largest absolute Gasteiger partial charge is 1.00 e. The number of halogens is 2. The van der Waals surface area contributed by atoms with Gasteiger partial charge in [0, 0.05) is 0 Å². The Labute approximate surface area is 152 Å². The molecule has 3 aliphatic carbocycles. The third-order valence-electron chi connectivity index (χ3n) is 4.88. The topological polar surface area (TPSA) is 0 Å². The summed E-state index contributed by atoms with van der Waals surface area (Å²) in [5, 5.41) is 0. The van der Waals surface area contributed by atoms with Crippen LogP contribution in [0.3, 0.4) is 0 Å². The van der Waals surface area contributed by atoms with Crippen molar-refractivity contribution >= 4 is 3.21 Å². The Morgan fingerprint density at radius 1 is 1.05 bits per heavy atom. The number of fused-ring (bicyclic) bond motifs is 1. The van der Waals surface area contributed by atoms with E-state index in [4.69, 9.17) is 0 Å². The second-order valence-corrected chi connectivity index (χ2v) is 11.2. The van der Waals surface area contributed by atoms with E-state index in [1.165, 1.54) is 6.42 Å². The van der Waals surface area contributed by atoms with Gasteiger partial charge >= 0.3 is 129 Å². The molecule has 21 heavy (non-hydrogen) atoms. The summed E-state index contributed by atoms with van der Waals surface area (Å²) in [7, 11) is 0. The zero-order chi connectivity index (χ0) is 13.4. The van der Waals surface area contributed by atoms with Crippen LogP contribution in [0.4, 0.5) is 0 Å². The molecule has 0 aromatic rings. The second kappa shape index (κ2) is 8.23. The molecule has 5 unspecified atom stereocenters. The summed E-state index contributed by atoms with van der Waals surface area (Å²) in [5.74, 6) is 3.29. The smallest absolute Gasteiger partial charge is 1.00 e. The number of hydrogen-bond donors (Lipinski definition) is 0. The first-order chi connectivity index (χ1) is 9.18. The molecule has 5 atom stereocenters. The second-order valence-electron chi connectivity index (χ2n) is 6.35. The summed E-state index contributed by atoms with van der Waals surface area (Å²) in [4.78, 5) is 0. The molecule has 0 amide bonds. The first-order valence-corrected chi connectivity index (χ1v) is 10.1. The summed E-state index contributed by atoms with van der Waals surface area (Å²) in [6.07, 6.45) is 17.8. The van der Waals surface area contributed by atoms with Gasteiger partial charge in [0.2, 0.25) is 0 Å². The summed E-state index contributed by atoms with van der Waals surface area (Å²) >= 11 is -0.401. The fourth-order valence-electron chi connectivity index (χ4n) is 4.13. The van der Waals surface area contributed by atoms with Crippen LogP contribution in [0.5, 0.6) is 0 Å². The monoisotopic (exact) mass is 399 g/mol. The third-order valence-corrected chi connectivity index (χ3v) is 8.95. The van der Waals surface area contributed by atoms with Crippen LogP contribution in [0.2, 0.25) is 3.63 Å². The Hall–Kier alpha value is 0.293. The molecule has 0 aromatic heterocycles. The van der Waals surface area contributed by atoms with E-state index in [-0.39, 0.29) is 24.8 Å². The van der Waals surface area contributed by atoms with E-state index in [9.17, 15) is 0 Å². The van der Waals surface area contributed by atoms with Crippen molar-refractivity contribution < 1.29 is 47.6 Å². The zero-order valence-electron chi connectivity index (χ0n) is 12.9. The minimum Gasteiger partial charge on any atom is -1.00 e. The van der Waals surface area contributed by atoms with E-state index in [2.05, 4.69) is 63.3 Å². The average molecular weight is 402 g/mol. The van der Waals surface area contributed by atoms with E-state index in [1.54, 1.807) is 8.78 Å². The SMILES string of the molecule is C[C](C)=[Zr+2][CH]1C2C=CC=CC2C(C)C1C1=CC=CC1.[Cl-].[Cl-]. The molecule has 0 nitrogen and oxygen atoms in total. The molecule has 3 rings (SSSR count). The summed E-state index contributed by atoms with van der Waals surface area (Å²) in [6, 6.07) is 0. The maximum absolute atomic E-state index is 2.51. The van der Waals surface area contributed by atoms with E-state index in [0.717, 1.165) is 27.3 Å². The van der Waals surface area contributed by atoms with Crippen LogP contribution >= 0.6 is 0 Å². The molecule has 1 fully saturated rings. The van der Waals surface area contributed by atoms with Crippen molar-refractivity contribution in [3.63, 3.8) is 0 Å². The third kappa shape index (κ3) is 3.80. The first kappa shape index (κ1) is 19.3. The maximum atomic E-state index is 2.51. The molecule has 113 valence electrons. The van der Waals surface area contributed by atoms with Gasteiger partial charge < -0.3 is 24.8 Å². The van der Waals surface area contributed by atoms with Crippen LogP contribution in [0, 0.1) is 23.7 Å². The summed E-state index contributed by atoms with van der Waals surface area (Å²) in [5.41, 5.74) is 1.72. The molecular weight excluding hydrogens is 378 g/mol. The fourth-order valence-corrected chi connectivity index (χ4v) is 8.78. The first-order valence-electron chi connectivity index (χ1n) is 7.46. The fraction of sp³-hybridized carbons (Fsp3) is 0.500. The van der Waals surface area contributed by atoms with Gasteiger partial charge in [-0.15, -0.1) is 0 Å². The van der Waals surface area contributed by atoms with Crippen molar-refractivity contribution in [1.29, 1.82) is 0 Å². The number of hydrogen-bond acceptors (Lipinski definition) is 0. The van der Waals surface area contributed by atoms with Crippen molar-refractivity contribution in [2.75, 3.05) is 0 Å². The number of rotatable bonds is 2. The van der Waals surface area contributed by atoms with Gasteiger partial charge in [0.05, 0.1) is 0 Å². The Balaban J connectivity index is 0.00000110. The molecule has 3 heteroatoms. The van der Waals surface area contributed by atoms with Crippen LogP contribution in [0.15, 0.2) is 48.1 Å². The zero-order valence-corrected chi connectivity index (χ0v) is 16.9. The Morgan fingerprint density at radius 2 is 1.71 bits per heavy atom. The molecule has 0 bridgehead atoms. The van der Waals surface area contributed by atoms with Crippen LogP contribution in [0.1, 0.15) is 27.2 Å². The van der Waals surface area contributed by atoms with Gasteiger partial charge in [-0.2, -0.15) is 0 Å². The molecule has 0 aromatic carbocycles. The Kier molecular flexibility index (Phi) is 7.58. The van der Waals surface area contributed by atoms with Gasteiger partial charge in [-0.3, -0.25) is 0 Å². The van der Waals surface area contributed by atoms with Crippen LogP contribution in [0.25, 0.3) is 0 Å². The maximum Gasteiger partial charge on any atom is -1.00 e. The normalized spacial score (nSPS) is 35.4. The minimum atomic E-state index is -0.401. The van der Waals surface area contributed by atoms with Crippen molar-refractivity contribution in [2.24, 2.45) is 23.7 Å².